The van der Waals surface area contributed by atoms with Crippen molar-refractivity contribution in [2.75, 3.05) is 5.75 Å². The first-order valence-corrected chi connectivity index (χ1v) is 6.46. The number of nitrogens with zero attached hydrogens (tertiary/aromatic N) is 1. The van der Waals surface area contributed by atoms with Gasteiger partial charge in [-0.2, -0.15) is 0 Å². The first kappa shape index (κ1) is 12.0. The van der Waals surface area contributed by atoms with Crippen molar-refractivity contribution >= 4 is 43.5 Å². The normalized spacial score (nSPS) is 9.08. The summed E-state index contributed by atoms with van der Waals surface area (Å²) in [5.74, 6) is 0.514. The van der Waals surface area contributed by atoms with E-state index in [4.69, 9.17) is 10.7 Å². The molecule has 0 spiro atoms. The van der Waals surface area contributed by atoms with Crippen molar-refractivity contribution in [1.29, 1.82) is 0 Å². The lowest BCUT2D eigenvalue weighted by atomic mass is 10.2. The van der Waals surface area contributed by atoms with E-state index in [0.29, 0.717) is 6.42 Å². The number of hydrogen-bond acceptors (Lipinski definition) is 4. The highest BCUT2D eigenvalue weighted by molar-refractivity contribution is 8.85. The van der Waals surface area contributed by atoms with Crippen LogP contribution in [-0.2, 0) is 9.59 Å². The van der Waals surface area contributed by atoms with Crippen molar-refractivity contribution in [3.63, 3.8) is 0 Å². The van der Waals surface area contributed by atoms with Crippen LogP contribution in [0.5, 0.6) is 0 Å². The zero-order valence-corrected chi connectivity index (χ0v) is 8.68. The van der Waals surface area contributed by atoms with Crippen LogP contribution in [0.1, 0.15) is 19.3 Å². The number of amides is 1. The molecule has 0 fully saturated rings. The van der Waals surface area contributed by atoms with E-state index in [-0.39, 0.29) is 0 Å². The Bertz CT molecular complexity index is 182. The summed E-state index contributed by atoms with van der Waals surface area (Å²) in [6.07, 6.45) is 3.19. The third-order valence-corrected chi connectivity index (χ3v) is 3.20. The van der Waals surface area contributed by atoms with Crippen molar-refractivity contribution in [1.82, 2.24) is 0 Å². The van der Waals surface area contributed by atoms with Gasteiger partial charge >= 0.3 is 0 Å². The number of hydrogen-bond donors (Lipinski definition) is 0. The second-order valence-corrected chi connectivity index (χ2v) is 4.93. The van der Waals surface area contributed by atoms with Crippen molar-refractivity contribution in [3.05, 3.63) is 0 Å². The molecular weight excluding hydrogens is 218 g/mol. The van der Waals surface area contributed by atoms with Crippen LogP contribution >= 0.6 is 31.5 Å². The minimum absolute atomic E-state index is 0.322. The molecule has 0 aromatic carbocycles. The molecule has 0 saturated heterocycles. The van der Waals surface area contributed by atoms with Crippen LogP contribution in [0.4, 0.5) is 0 Å². The molecule has 0 saturated carbocycles. The molecule has 0 aliphatic rings. The van der Waals surface area contributed by atoms with Crippen molar-refractivity contribution in [2.45, 2.75) is 19.3 Å². The molecule has 0 bridgehead atoms. The topological polar surface area (TPSA) is 46.5 Å². The van der Waals surface area contributed by atoms with E-state index < -0.39 is 5.91 Å². The number of isocyanates is 1. The molecule has 12 heavy (non-hydrogen) atoms. The van der Waals surface area contributed by atoms with Crippen LogP contribution in [0.25, 0.3) is 0 Å². The fourth-order valence-electron chi connectivity index (χ4n) is 0.576. The molecule has 6 heteroatoms. The highest BCUT2D eigenvalue weighted by Crippen LogP contribution is 2.26. The third kappa shape index (κ3) is 8.14. The zero-order chi connectivity index (χ0) is 9.23. The fourth-order valence-corrected chi connectivity index (χ4v) is 2.07. The molecule has 1 amide bonds. The summed E-state index contributed by atoms with van der Waals surface area (Å²) in [5, 5.41) is 0. The Morgan fingerprint density at radius 2 is 2.25 bits per heavy atom. The van der Waals surface area contributed by atoms with E-state index in [0.717, 1.165) is 18.6 Å². The van der Waals surface area contributed by atoms with Gasteiger partial charge in [0.2, 0.25) is 6.08 Å². The van der Waals surface area contributed by atoms with E-state index in [9.17, 15) is 9.59 Å². The Morgan fingerprint density at radius 3 is 2.83 bits per heavy atom. The molecule has 0 aliphatic carbocycles. The van der Waals surface area contributed by atoms with Gasteiger partial charge in [-0.3, -0.25) is 4.79 Å². The van der Waals surface area contributed by atoms with Crippen LogP contribution in [-0.4, -0.2) is 17.7 Å². The molecule has 0 atom stereocenters. The summed E-state index contributed by atoms with van der Waals surface area (Å²) in [4.78, 5) is 23.2. The second kappa shape index (κ2) is 9.13. The van der Waals surface area contributed by atoms with Gasteiger partial charge in [0.25, 0.3) is 5.91 Å². The largest absolute Gasteiger partial charge is 0.272 e. The SMILES string of the molecule is O=C=NC(=O)CCCCSSCl. The minimum Gasteiger partial charge on any atom is -0.272 e. The van der Waals surface area contributed by atoms with Gasteiger partial charge in [0.15, 0.2) is 0 Å². The number of unbranched alkanes of at least 4 members (excludes halogenated alkanes) is 1. The maximum atomic E-state index is 10.6. The summed E-state index contributed by atoms with van der Waals surface area (Å²) >= 11 is 0. The summed E-state index contributed by atoms with van der Waals surface area (Å²) in [6.45, 7) is 0. The molecule has 68 valence electrons. The van der Waals surface area contributed by atoms with Gasteiger partial charge < -0.3 is 0 Å². The van der Waals surface area contributed by atoms with E-state index in [1.165, 1.54) is 26.9 Å². The highest BCUT2D eigenvalue weighted by atomic mass is 35.7. The quantitative estimate of drug-likeness (QED) is 0.302. The molecule has 0 heterocycles. The lowest BCUT2D eigenvalue weighted by molar-refractivity contribution is -0.117. The summed E-state index contributed by atoms with van der Waals surface area (Å²) in [7, 11) is 8.06. The second-order valence-electron chi connectivity index (χ2n) is 1.94. The van der Waals surface area contributed by atoms with Crippen LogP contribution in [0.15, 0.2) is 4.99 Å². The molecule has 0 aromatic rings. The zero-order valence-electron chi connectivity index (χ0n) is 6.29. The van der Waals surface area contributed by atoms with Crippen LogP contribution in [0, 0.1) is 0 Å². The average Bonchev–Trinajstić information content (AvgIpc) is 2.05. The summed E-state index contributed by atoms with van der Waals surface area (Å²) in [6, 6.07) is 0. The van der Waals surface area contributed by atoms with E-state index in [1.807, 2.05) is 0 Å². The summed E-state index contributed by atoms with van der Waals surface area (Å²) < 4.78 is 0. The number of rotatable bonds is 6. The number of carbonyl (C=O) groups is 1. The van der Waals surface area contributed by atoms with Crippen LogP contribution < -0.4 is 0 Å². The molecule has 0 radical (unpaired) electrons. The Morgan fingerprint density at radius 1 is 1.50 bits per heavy atom. The van der Waals surface area contributed by atoms with E-state index in [2.05, 4.69) is 4.99 Å². The fraction of sp³-hybridized carbons (Fsp3) is 0.667. The first-order valence-electron chi connectivity index (χ1n) is 3.32. The maximum absolute atomic E-state index is 10.6. The third-order valence-electron chi connectivity index (χ3n) is 1.08. The smallest absolute Gasteiger partial charge is 0.256 e. The monoisotopic (exact) mass is 225 g/mol. The molecule has 0 N–H and O–H groups in total. The molecule has 0 aliphatic heterocycles. The van der Waals surface area contributed by atoms with Gasteiger partial charge in [-0.05, 0) is 23.5 Å². The lowest BCUT2D eigenvalue weighted by Crippen LogP contribution is -1.92. The molecule has 3 nitrogen and oxygen atoms in total. The Balaban J connectivity index is 3.19. The van der Waals surface area contributed by atoms with Crippen molar-refractivity contribution in [2.24, 2.45) is 4.99 Å². The van der Waals surface area contributed by atoms with Gasteiger partial charge in [0.05, 0.1) is 0 Å². The number of halogens is 1. The van der Waals surface area contributed by atoms with Crippen molar-refractivity contribution in [3.8, 4) is 0 Å². The Labute approximate surface area is 83.2 Å². The summed E-state index contributed by atoms with van der Waals surface area (Å²) in [5.41, 5.74) is 0. The maximum Gasteiger partial charge on any atom is 0.256 e. The predicted molar refractivity (Wildman–Crippen MR) is 52.9 cm³/mol. The lowest BCUT2D eigenvalue weighted by Gasteiger charge is -1.94. The number of carbonyl (C=O) groups excluding carboxylic acids is 2. The van der Waals surface area contributed by atoms with Gasteiger partial charge in [-0.1, -0.05) is 10.8 Å². The molecule has 0 aromatic heterocycles. The molecular formula is C6H8ClNO2S2. The van der Waals surface area contributed by atoms with Crippen molar-refractivity contribution < 1.29 is 9.59 Å². The van der Waals surface area contributed by atoms with Gasteiger partial charge in [0, 0.05) is 22.2 Å². The van der Waals surface area contributed by atoms with E-state index in [1.54, 1.807) is 0 Å². The molecule has 0 unspecified atom stereocenters. The highest BCUT2D eigenvalue weighted by Gasteiger charge is 1.97. The molecule has 0 rings (SSSR count). The Kier molecular flexibility index (Phi) is 9.16. The predicted octanol–water partition coefficient (Wildman–Crippen LogP) is 2.55. The first-order chi connectivity index (χ1) is 5.81. The van der Waals surface area contributed by atoms with Crippen LogP contribution in [0.2, 0.25) is 0 Å². The van der Waals surface area contributed by atoms with Gasteiger partial charge in [0.1, 0.15) is 0 Å². The minimum atomic E-state index is -0.395. The number of aliphatic imine (C=N–C) groups is 1. The van der Waals surface area contributed by atoms with Gasteiger partial charge in [-0.15, -0.1) is 4.99 Å². The van der Waals surface area contributed by atoms with E-state index >= 15 is 0 Å². The Hall–Kier alpha value is 0.0400. The van der Waals surface area contributed by atoms with Gasteiger partial charge in [-0.25, -0.2) is 4.79 Å². The average molecular weight is 226 g/mol. The van der Waals surface area contributed by atoms with Crippen LogP contribution in [0.3, 0.4) is 0 Å². The standard InChI is InChI=1S/C6H8ClNO2S2/c7-12-11-4-2-1-3-6(10)8-5-9/h1-4H2.